The number of hydrogen-bond donors (Lipinski definition) is 3. The molecule has 0 unspecified atom stereocenters. The molecule has 0 radical (unpaired) electrons. The quantitative estimate of drug-likeness (QED) is 0.222. The van der Waals surface area contributed by atoms with E-state index in [-0.39, 0.29) is 5.91 Å². The van der Waals surface area contributed by atoms with Crippen molar-refractivity contribution in [2.24, 2.45) is 16.7 Å². The molecule has 0 aromatic heterocycles. The minimum Gasteiger partial charge on any atom is -0.386 e. The fourth-order valence-corrected chi connectivity index (χ4v) is 0.652. The number of hydrazone groups is 1. The summed E-state index contributed by atoms with van der Waals surface area (Å²) in [5, 5.41) is 7.71. The molecule has 0 saturated carbocycles. The van der Waals surface area contributed by atoms with E-state index >= 15 is 0 Å². The van der Waals surface area contributed by atoms with Crippen LogP contribution in [-0.4, -0.2) is 30.0 Å². The second-order valence-electron chi connectivity index (χ2n) is 2.58. The molecule has 0 aliphatic carbocycles. The number of amides is 1. The van der Waals surface area contributed by atoms with Gasteiger partial charge in [-0.2, -0.15) is 0 Å². The normalized spacial score (nSPS) is 11.2. The minimum absolute atomic E-state index is 0.0760. The Hall–Kier alpha value is -1.30. The number of carbonyl (C=O) groups excluding carboxylic acids is 1. The van der Waals surface area contributed by atoms with Crippen molar-refractivity contribution in [3.63, 3.8) is 0 Å². The number of hydrazine groups is 1. The first-order valence-electron chi connectivity index (χ1n) is 4.16. The van der Waals surface area contributed by atoms with E-state index in [4.69, 9.17) is 11.6 Å². The Morgan fingerprint density at radius 3 is 2.69 bits per heavy atom. The molecule has 1 amide bonds. The second kappa shape index (κ2) is 6.24. The van der Waals surface area contributed by atoms with Gasteiger partial charge in [0.25, 0.3) is 0 Å². The Morgan fingerprint density at radius 2 is 2.23 bits per heavy atom. The van der Waals surface area contributed by atoms with Crippen LogP contribution in [0.1, 0.15) is 20.3 Å². The molecule has 6 nitrogen and oxygen atoms in total. The van der Waals surface area contributed by atoms with Gasteiger partial charge in [0.05, 0.1) is 6.54 Å². The highest BCUT2D eigenvalue weighted by Crippen LogP contribution is 1.82. The zero-order valence-electron chi connectivity index (χ0n) is 8.08. The number of nitrogens with one attached hydrogen (secondary N) is 1. The van der Waals surface area contributed by atoms with Gasteiger partial charge in [0.1, 0.15) is 5.84 Å². The number of hydrogen-bond acceptors (Lipinski definition) is 4. The zero-order chi connectivity index (χ0) is 10.3. The van der Waals surface area contributed by atoms with Crippen LogP contribution in [0.15, 0.2) is 5.10 Å². The highest BCUT2D eigenvalue weighted by molar-refractivity contribution is 5.81. The van der Waals surface area contributed by atoms with Gasteiger partial charge in [0, 0.05) is 19.9 Å². The van der Waals surface area contributed by atoms with Crippen LogP contribution in [0.5, 0.6) is 0 Å². The summed E-state index contributed by atoms with van der Waals surface area (Å²) in [7, 11) is 0. The molecule has 0 aromatic carbocycles. The molecule has 0 bridgehead atoms. The predicted molar refractivity (Wildman–Crippen MR) is 51.5 cm³/mol. The maximum atomic E-state index is 10.5. The van der Waals surface area contributed by atoms with Crippen molar-refractivity contribution in [3.8, 4) is 0 Å². The number of amidine groups is 1. The molecular formula is C7H17N5O. The van der Waals surface area contributed by atoms with E-state index in [1.165, 1.54) is 12.0 Å². The first kappa shape index (κ1) is 11.7. The third kappa shape index (κ3) is 7.07. The first-order chi connectivity index (χ1) is 6.06. The third-order valence-electron chi connectivity index (χ3n) is 1.34. The largest absolute Gasteiger partial charge is 0.386 e. The van der Waals surface area contributed by atoms with Gasteiger partial charge in [-0.05, 0) is 6.92 Å². The van der Waals surface area contributed by atoms with E-state index in [2.05, 4.69) is 10.4 Å². The van der Waals surface area contributed by atoms with Gasteiger partial charge in [-0.3, -0.25) is 4.79 Å². The molecule has 0 aromatic rings. The summed E-state index contributed by atoms with van der Waals surface area (Å²) in [6.07, 6.45) is 0.507. The van der Waals surface area contributed by atoms with E-state index in [1.54, 1.807) is 0 Å². The lowest BCUT2D eigenvalue weighted by Gasteiger charge is -2.10. The molecule has 0 aliphatic rings. The molecule has 0 heterocycles. The van der Waals surface area contributed by atoms with Gasteiger partial charge < -0.3 is 11.1 Å². The van der Waals surface area contributed by atoms with Crippen LogP contribution in [0.3, 0.4) is 0 Å². The van der Waals surface area contributed by atoms with E-state index in [1.807, 2.05) is 6.92 Å². The fourth-order valence-electron chi connectivity index (χ4n) is 0.652. The zero-order valence-corrected chi connectivity index (χ0v) is 8.08. The number of nitrogens with zero attached hydrogens (tertiary/aromatic N) is 2. The second-order valence-corrected chi connectivity index (χ2v) is 2.58. The molecule has 76 valence electrons. The van der Waals surface area contributed by atoms with Crippen molar-refractivity contribution < 1.29 is 4.79 Å². The van der Waals surface area contributed by atoms with Crippen LogP contribution in [0, 0.1) is 0 Å². The van der Waals surface area contributed by atoms with Gasteiger partial charge in [-0.1, -0.05) is 0 Å². The van der Waals surface area contributed by atoms with E-state index in [9.17, 15) is 4.79 Å². The van der Waals surface area contributed by atoms with Gasteiger partial charge in [0.15, 0.2) is 0 Å². The topological polar surface area (TPSA) is 96.7 Å². The maximum absolute atomic E-state index is 10.5. The summed E-state index contributed by atoms with van der Waals surface area (Å²) >= 11 is 0. The van der Waals surface area contributed by atoms with Crippen molar-refractivity contribution >= 4 is 11.7 Å². The predicted octanol–water partition coefficient (Wildman–Crippen LogP) is -1.02. The SMILES string of the molecule is CCN(N)/N=C(\N)CCNC(C)=O. The molecule has 0 saturated heterocycles. The van der Waals surface area contributed by atoms with E-state index < -0.39 is 0 Å². The van der Waals surface area contributed by atoms with E-state index in [0.717, 1.165) is 0 Å². The highest BCUT2D eigenvalue weighted by Gasteiger charge is 1.96. The Morgan fingerprint density at radius 1 is 1.62 bits per heavy atom. The van der Waals surface area contributed by atoms with Gasteiger partial charge in [0.2, 0.25) is 5.91 Å². The van der Waals surface area contributed by atoms with Crippen molar-refractivity contribution in [2.75, 3.05) is 13.1 Å². The van der Waals surface area contributed by atoms with Gasteiger partial charge >= 0.3 is 0 Å². The van der Waals surface area contributed by atoms with Crippen LogP contribution in [0.2, 0.25) is 0 Å². The van der Waals surface area contributed by atoms with Crippen LogP contribution in [-0.2, 0) is 4.79 Å². The summed E-state index contributed by atoms with van der Waals surface area (Å²) in [5.74, 6) is 5.72. The molecule has 5 N–H and O–H groups in total. The summed E-state index contributed by atoms with van der Waals surface area (Å²) in [6, 6.07) is 0. The highest BCUT2D eigenvalue weighted by atomic mass is 16.1. The Bertz CT molecular complexity index is 191. The Balaban J connectivity index is 3.66. The average molecular weight is 187 g/mol. The standard InChI is InChI=1S/C7H17N5O/c1-3-12(9)11-7(8)4-5-10-6(2)13/h3-5,9H2,1-2H3,(H2,8,11)(H,10,13). The Labute approximate surface area is 77.9 Å². The minimum atomic E-state index is -0.0760. The number of rotatable bonds is 5. The lowest BCUT2D eigenvalue weighted by molar-refractivity contribution is -0.118. The molecular weight excluding hydrogens is 170 g/mol. The fraction of sp³-hybridized carbons (Fsp3) is 0.714. The molecule has 0 atom stereocenters. The molecule has 0 rings (SSSR count). The van der Waals surface area contributed by atoms with Crippen LogP contribution < -0.4 is 16.9 Å². The lowest BCUT2D eigenvalue weighted by Crippen LogP contribution is -2.31. The number of carbonyl (C=O) groups is 1. The third-order valence-corrected chi connectivity index (χ3v) is 1.34. The van der Waals surface area contributed by atoms with Gasteiger partial charge in [-0.15, -0.1) is 5.10 Å². The molecule has 6 heteroatoms. The Kier molecular flexibility index (Phi) is 5.62. The van der Waals surface area contributed by atoms with Crippen molar-refractivity contribution in [1.82, 2.24) is 10.4 Å². The van der Waals surface area contributed by atoms with Gasteiger partial charge in [-0.25, -0.2) is 11.0 Å². The monoisotopic (exact) mass is 187 g/mol. The van der Waals surface area contributed by atoms with Crippen molar-refractivity contribution in [2.45, 2.75) is 20.3 Å². The molecule has 0 fully saturated rings. The molecule has 0 aliphatic heterocycles. The maximum Gasteiger partial charge on any atom is 0.216 e. The lowest BCUT2D eigenvalue weighted by atomic mass is 10.4. The number of nitrogens with two attached hydrogens (primary N) is 2. The van der Waals surface area contributed by atoms with E-state index in [0.29, 0.717) is 25.3 Å². The average Bonchev–Trinajstić information content (AvgIpc) is 2.03. The summed E-state index contributed by atoms with van der Waals surface area (Å²) < 4.78 is 0. The summed E-state index contributed by atoms with van der Waals surface area (Å²) in [5.41, 5.74) is 5.51. The van der Waals surface area contributed by atoms with Crippen LogP contribution in [0.4, 0.5) is 0 Å². The molecule has 13 heavy (non-hydrogen) atoms. The summed E-state index contributed by atoms with van der Waals surface area (Å²) in [4.78, 5) is 10.5. The van der Waals surface area contributed by atoms with Crippen molar-refractivity contribution in [3.05, 3.63) is 0 Å². The first-order valence-corrected chi connectivity index (χ1v) is 4.16. The van der Waals surface area contributed by atoms with Crippen molar-refractivity contribution in [1.29, 1.82) is 0 Å². The molecule has 0 spiro atoms. The smallest absolute Gasteiger partial charge is 0.216 e. The van der Waals surface area contributed by atoms with Crippen LogP contribution >= 0.6 is 0 Å². The summed E-state index contributed by atoms with van der Waals surface area (Å²) in [6.45, 7) is 4.41. The van der Waals surface area contributed by atoms with Crippen LogP contribution in [0.25, 0.3) is 0 Å².